The number of anilines is 1. The van der Waals surface area contributed by atoms with Gasteiger partial charge >= 0.3 is 0 Å². The average Bonchev–Trinajstić information content (AvgIpc) is 2.88. The van der Waals surface area contributed by atoms with E-state index in [0.717, 1.165) is 5.56 Å². The molecule has 0 spiro atoms. The molecule has 2 aromatic rings. The van der Waals surface area contributed by atoms with Crippen LogP contribution in [0.3, 0.4) is 0 Å². The highest BCUT2D eigenvalue weighted by Gasteiger charge is 2.26. The minimum Gasteiger partial charge on any atom is -0.326 e. The molecule has 0 unspecified atom stereocenters. The lowest BCUT2D eigenvalue weighted by molar-refractivity contribution is 0.591. The number of sulfonamides is 1. The normalized spacial score (nSPS) is 11.6. The molecule has 4 nitrogen and oxygen atoms in total. The first kappa shape index (κ1) is 15.0. The number of benzene rings is 1. The van der Waals surface area contributed by atoms with Crippen molar-refractivity contribution in [2.45, 2.75) is 25.3 Å². The van der Waals surface area contributed by atoms with Gasteiger partial charge in [0.25, 0.3) is 10.0 Å². The Balaban J connectivity index is 2.51. The van der Waals surface area contributed by atoms with Gasteiger partial charge in [0.2, 0.25) is 0 Å². The zero-order valence-corrected chi connectivity index (χ0v) is 13.2. The summed E-state index contributed by atoms with van der Waals surface area (Å²) in [6, 6.07) is 9.11. The first-order valence-corrected chi connectivity index (χ1v) is 8.68. The van der Waals surface area contributed by atoms with Crippen LogP contribution in [0.15, 0.2) is 40.6 Å². The standard InChI is InChI=1S/C14H18N2O2S2/c1-3-16(12-6-4-5-11(2)9-12)20(17,18)14-7-8-19-13(14)10-15/h4-9H,3,10,15H2,1-2H3. The summed E-state index contributed by atoms with van der Waals surface area (Å²) in [5.74, 6) is 0. The summed E-state index contributed by atoms with van der Waals surface area (Å²) in [7, 11) is -3.56. The van der Waals surface area contributed by atoms with E-state index in [2.05, 4.69) is 0 Å². The zero-order valence-electron chi connectivity index (χ0n) is 11.5. The molecule has 0 saturated heterocycles. The van der Waals surface area contributed by atoms with Crippen LogP contribution in [0.4, 0.5) is 5.69 Å². The van der Waals surface area contributed by atoms with Gasteiger partial charge in [0.15, 0.2) is 0 Å². The number of thiophene rings is 1. The van der Waals surface area contributed by atoms with Crippen molar-refractivity contribution in [1.29, 1.82) is 0 Å². The van der Waals surface area contributed by atoms with Gasteiger partial charge in [-0.05, 0) is 43.0 Å². The van der Waals surface area contributed by atoms with Crippen LogP contribution in [0.1, 0.15) is 17.4 Å². The summed E-state index contributed by atoms with van der Waals surface area (Å²) in [4.78, 5) is 1.00. The third-order valence-corrected chi connectivity index (χ3v) is 6.09. The van der Waals surface area contributed by atoms with Gasteiger partial charge in [0, 0.05) is 18.0 Å². The average molecular weight is 310 g/mol. The SMILES string of the molecule is CCN(c1cccc(C)c1)S(=O)(=O)c1ccsc1CN. The van der Waals surface area contributed by atoms with Crippen LogP contribution in [0.5, 0.6) is 0 Å². The van der Waals surface area contributed by atoms with Crippen LogP contribution in [-0.2, 0) is 16.6 Å². The number of hydrogen-bond acceptors (Lipinski definition) is 4. The van der Waals surface area contributed by atoms with Crippen LogP contribution < -0.4 is 10.0 Å². The lowest BCUT2D eigenvalue weighted by atomic mass is 10.2. The third kappa shape index (κ3) is 2.72. The van der Waals surface area contributed by atoms with Gasteiger partial charge in [-0.25, -0.2) is 8.42 Å². The summed E-state index contributed by atoms with van der Waals surface area (Å²) < 4.78 is 27.0. The first-order valence-electron chi connectivity index (χ1n) is 6.36. The van der Waals surface area contributed by atoms with Crippen molar-refractivity contribution in [2.75, 3.05) is 10.8 Å². The van der Waals surface area contributed by atoms with Crippen molar-refractivity contribution < 1.29 is 8.42 Å². The molecule has 108 valence electrons. The van der Waals surface area contributed by atoms with Gasteiger partial charge in [0.05, 0.1) is 5.69 Å². The second-order valence-electron chi connectivity index (χ2n) is 4.42. The van der Waals surface area contributed by atoms with E-state index in [0.29, 0.717) is 22.0 Å². The minimum absolute atomic E-state index is 0.234. The molecule has 0 aliphatic carbocycles. The second kappa shape index (κ2) is 5.95. The lowest BCUT2D eigenvalue weighted by Crippen LogP contribution is -2.31. The Hall–Kier alpha value is -1.37. The molecule has 0 fully saturated rings. The predicted octanol–water partition coefficient (Wildman–Crippen LogP) is 2.73. The zero-order chi connectivity index (χ0) is 14.8. The largest absolute Gasteiger partial charge is 0.326 e. The van der Waals surface area contributed by atoms with E-state index in [4.69, 9.17) is 5.73 Å². The molecule has 0 atom stereocenters. The van der Waals surface area contributed by atoms with E-state index in [9.17, 15) is 8.42 Å². The van der Waals surface area contributed by atoms with Gasteiger partial charge in [-0.15, -0.1) is 11.3 Å². The molecular formula is C14H18N2O2S2. The topological polar surface area (TPSA) is 63.4 Å². The van der Waals surface area contributed by atoms with Crippen molar-refractivity contribution >= 4 is 27.0 Å². The summed E-state index contributed by atoms with van der Waals surface area (Å²) in [6.07, 6.45) is 0. The predicted molar refractivity (Wildman–Crippen MR) is 83.6 cm³/mol. The van der Waals surface area contributed by atoms with Crippen LogP contribution in [-0.4, -0.2) is 15.0 Å². The molecule has 0 bridgehead atoms. The molecule has 1 aromatic carbocycles. The summed E-state index contributed by atoms with van der Waals surface area (Å²) >= 11 is 1.37. The monoisotopic (exact) mass is 310 g/mol. The minimum atomic E-state index is -3.56. The Bertz CT molecular complexity index is 693. The van der Waals surface area contributed by atoms with E-state index in [1.807, 2.05) is 38.1 Å². The number of rotatable bonds is 5. The molecular weight excluding hydrogens is 292 g/mol. The molecule has 6 heteroatoms. The van der Waals surface area contributed by atoms with Gasteiger partial charge in [-0.3, -0.25) is 4.31 Å². The van der Waals surface area contributed by atoms with Gasteiger partial charge < -0.3 is 5.73 Å². The maximum Gasteiger partial charge on any atom is 0.265 e. The highest BCUT2D eigenvalue weighted by molar-refractivity contribution is 7.93. The number of hydrogen-bond donors (Lipinski definition) is 1. The maximum absolute atomic E-state index is 12.8. The Morgan fingerprint density at radius 1 is 1.30 bits per heavy atom. The molecule has 0 radical (unpaired) electrons. The molecule has 2 rings (SSSR count). The fraction of sp³-hybridized carbons (Fsp3) is 0.286. The molecule has 0 aliphatic rings. The summed E-state index contributed by atoms with van der Waals surface area (Å²) in [5.41, 5.74) is 7.33. The van der Waals surface area contributed by atoms with E-state index in [-0.39, 0.29) is 6.54 Å². The molecule has 1 heterocycles. The highest BCUT2D eigenvalue weighted by atomic mass is 32.2. The lowest BCUT2D eigenvalue weighted by Gasteiger charge is -2.23. The van der Waals surface area contributed by atoms with Crippen molar-refractivity contribution in [3.8, 4) is 0 Å². The van der Waals surface area contributed by atoms with Crippen LogP contribution in [0.25, 0.3) is 0 Å². The highest BCUT2D eigenvalue weighted by Crippen LogP contribution is 2.28. The smallest absolute Gasteiger partial charge is 0.265 e. The maximum atomic E-state index is 12.8. The molecule has 0 saturated carbocycles. The summed E-state index contributed by atoms with van der Waals surface area (Å²) in [5, 5.41) is 1.76. The third-order valence-electron chi connectivity index (χ3n) is 3.03. The first-order chi connectivity index (χ1) is 9.50. The quantitative estimate of drug-likeness (QED) is 0.923. The van der Waals surface area contributed by atoms with Gasteiger partial charge in [-0.2, -0.15) is 0 Å². The molecule has 1 aromatic heterocycles. The fourth-order valence-corrected chi connectivity index (χ4v) is 4.88. The van der Waals surface area contributed by atoms with Crippen LogP contribution >= 0.6 is 11.3 Å². The molecule has 0 aliphatic heterocycles. The Morgan fingerprint density at radius 3 is 2.65 bits per heavy atom. The van der Waals surface area contributed by atoms with E-state index in [1.54, 1.807) is 11.4 Å². The summed E-state index contributed by atoms with van der Waals surface area (Å²) in [6.45, 7) is 4.39. The Kier molecular flexibility index (Phi) is 4.47. The van der Waals surface area contributed by atoms with Crippen LogP contribution in [0.2, 0.25) is 0 Å². The van der Waals surface area contributed by atoms with E-state index in [1.165, 1.54) is 15.6 Å². The van der Waals surface area contributed by atoms with Gasteiger partial charge in [-0.1, -0.05) is 12.1 Å². The van der Waals surface area contributed by atoms with Gasteiger partial charge in [0.1, 0.15) is 4.90 Å². The van der Waals surface area contributed by atoms with Crippen molar-refractivity contribution in [3.63, 3.8) is 0 Å². The van der Waals surface area contributed by atoms with Crippen molar-refractivity contribution in [3.05, 3.63) is 46.2 Å². The Morgan fingerprint density at radius 2 is 2.05 bits per heavy atom. The number of nitrogens with two attached hydrogens (primary N) is 1. The molecule has 20 heavy (non-hydrogen) atoms. The number of nitrogens with zero attached hydrogens (tertiary/aromatic N) is 1. The van der Waals surface area contributed by atoms with Crippen molar-refractivity contribution in [1.82, 2.24) is 0 Å². The van der Waals surface area contributed by atoms with E-state index < -0.39 is 10.0 Å². The van der Waals surface area contributed by atoms with Crippen molar-refractivity contribution in [2.24, 2.45) is 5.73 Å². The molecule has 0 amide bonds. The van der Waals surface area contributed by atoms with Crippen LogP contribution in [0, 0.1) is 6.92 Å². The Labute approximate surface area is 123 Å². The molecule has 2 N–H and O–H groups in total. The number of aryl methyl sites for hydroxylation is 1. The van der Waals surface area contributed by atoms with E-state index >= 15 is 0 Å². The fourth-order valence-electron chi connectivity index (χ4n) is 2.10. The second-order valence-corrected chi connectivity index (χ2v) is 7.25.